The van der Waals surface area contributed by atoms with E-state index in [1.807, 2.05) is 33.9 Å². The number of Topliss-reactive ketones (excluding diaryl/α,β-unsaturated/α-hetero) is 1. The zero-order chi connectivity index (χ0) is 40.5. The van der Waals surface area contributed by atoms with Gasteiger partial charge in [-0.25, -0.2) is 0 Å². The van der Waals surface area contributed by atoms with E-state index in [1.54, 1.807) is 31.0 Å². The van der Waals surface area contributed by atoms with Crippen LogP contribution < -0.4 is 24.3 Å². The second-order valence-corrected chi connectivity index (χ2v) is 17.7. The molecular weight excluding hydrogens is 763 g/mol. The SMILES string of the molecule is COc1c(C)cc2c(c1O)[C@@H]1C3[C@@H]4SC[C@]5(NC(C)Cc6c5[nH]c5ccc(O)cc65)C(=O)COC[C@H](c5c6c(c(C)c(OC(C)=O)c54)OCO6)N3[C@@H](C#N)[C@H](C2)N1C. The highest BCUT2D eigenvalue weighted by molar-refractivity contribution is 7.99. The van der Waals surface area contributed by atoms with Crippen LogP contribution in [0.1, 0.15) is 75.8 Å². The fraction of sp³-hybridized carbons (Fsp3) is 0.465. The number of thioether (sulfide) groups is 1. The number of nitrogens with zero attached hydrogens (tertiary/aromatic N) is 3. The van der Waals surface area contributed by atoms with Crippen molar-refractivity contribution in [3.05, 3.63) is 68.9 Å². The van der Waals surface area contributed by atoms with Gasteiger partial charge in [-0.05, 0) is 75.5 Å². The standard InChI is InChI=1S/C43H45N5O9S/c1-18-9-22-11-27-28(13-44)48-29-14-54-15-30(51)43(42-25(10-19(2)46-43)24-12-23(50)7-8-26(24)45-42)16-58-41(35(48)34(47(27)5)31(22)36(52)37(18)53-6)33-32(29)40-39(55-17-56-40)20(3)38(33)57-21(4)49/h7-9,12,19,27-29,34-35,41,45-46,50,52H,10-11,14-17H2,1-6H3/t19?,27-,28-,29+,34+,35?,41+,43-/m0/s1. The summed E-state index contributed by atoms with van der Waals surface area (Å²) in [6.45, 7) is 6.90. The summed E-state index contributed by atoms with van der Waals surface area (Å²) in [7, 11) is 3.55. The minimum atomic E-state index is -1.27. The van der Waals surface area contributed by atoms with Crippen LogP contribution in [0.25, 0.3) is 10.9 Å². The molecule has 0 radical (unpaired) electrons. The Balaban J connectivity index is 1.26. The highest BCUT2D eigenvalue weighted by atomic mass is 32.2. The number of methoxy groups -OCH3 is 1. The number of ether oxygens (including phenoxy) is 5. The molecule has 4 aromatic rings. The molecule has 8 atom stereocenters. The number of fused-ring (bicyclic) bond motifs is 12. The van der Waals surface area contributed by atoms with Gasteiger partial charge >= 0.3 is 5.97 Å². The second-order valence-electron chi connectivity index (χ2n) is 16.5. The van der Waals surface area contributed by atoms with Crippen LogP contribution in [0, 0.1) is 25.2 Å². The number of aromatic hydroxyl groups is 2. The van der Waals surface area contributed by atoms with Crippen molar-refractivity contribution < 1.29 is 43.5 Å². The van der Waals surface area contributed by atoms with Gasteiger partial charge < -0.3 is 38.9 Å². The van der Waals surface area contributed by atoms with Gasteiger partial charge in [-0.2, -0.15) is 5.26 Å². The number of H-pyrrole nitrogens is 1. The number of likely N-dealkylation sites (N-methyl/N-ethyl adjacent to an activating group) is 1. The van der Waals surface area contributed by atoms with Crippen molar-refractivity contribution in [2.45, 2.75) is 87.6 Å². The number of carbonyl (C=O) groups excluding carboxylic acids is 2. The molecule has 0 aliphatic carbocycles. The molecule has 7 aliphatic heterocycles. The van der Waals surface area contributed by atoms with Crippen LogP contribution in [0.15, 0.2) is 24.3 Å². The quantitative estimate of drug-likeness (QED) is 0.159. The number of aryl methyl sites for hydroxylation is 1. The van der Waals surface area contributed by atoms with Gasteiger partial charge in [0.15, 0.2) is 28.8 Å². The van der Waals surface area contributed by atoms with Crippen LogP contribution in [0.4, 0.5) is 0 Å². The summed E-state index contributed by atoms with van der Waals surface area (Å²) in [6.07, 6.45) is 1.13. The largest absolute Gasteiger partial charge is 0.508 e. The number of nitriles is 1. The number of hydrogen-bond donors (Lipinski definition) is 4. The first-order valence-electron chi connectivity index (χ1n) is 19.7. The van der Waals surface area contributed by atoms with Gasteiger partial charge in [-0.3, -0.25) is 24.7 Å². The predicted molar refractivity (Wildman–Crippen MR) is 213 cm³/mol. The van der Waals surface area contributed by atoms with Gasteiger partial charge in [0, 0.05) is 69.7 Å². The van der Waals surface area contributed by atoms with E-state index in [0.29, 0.717) is 52.5 Å². The predicted octanol–water partition coefficient (Wildman–Crippen LogP) is 4.89. The van der Waals surface area contributed by atoms with E-state index in [1.165, 1.54) is 6.92 Å². The van der Waals surface area contributed by atoms with Crippen molar-refractivity contribution in [3.8, 4) is 40.6 Å². The number of phenolic OH excluding ortho intramolecular Hbond substituents is 2. The van der Waals surface area contributed by atoms with E-state index in [4.69, 9.17) is 23.7 Å². The Kier molecular flexibility index (Phi) is 8.53. The van der Waals surface area contributed by atoms with Gasteiger partial charge in [0.05, 0.1) is 37.1 Å². The number of hydrogen-bond acceptors (Lipinski definition) is 14. The van der Waals surface area contributed by atoms with Crippen molar-refractivity contribution in [2.24, 2.45) is 0 Å². The fourth-order valence-electron chi connectivity index (χ4n) is 11.1. The Hall–Kier alpha value is -4.98. The van der Waals surface area contributed by atoms with Crippen LogP contribution in [-0.2, 0) is 32.7 Å². The lowest BCUT2D eigenvalue weighted by Gasteiger charge is -2.61. The molecule has 4 bridgehead atoms. The van der Waals surface area contributed by atoms with Gasteiger partial charge in [0.25, 0.3) is 0 Å². The maximum Gasteiger partial charge on any atom is 0.308 e. The molecule has 8 heterocycles. The maximum atomic E-state index is 15.0. The Morgan fingerprint density at radius 3 is 2.66 bits per heavy atom. The third kappa shape index (κ3) is 5.05. The van der Waals surface area contributed by atoms with E-state index in [9.17, 15) is 20.3 Å². The molecule has 11 rings (SSSR count). The van der Waals surface area contributed by atoms with Crippen LogP contribution in [0.2, 0.25) is 0 Å². The number of phenols is 2. The lowest BCUT2D eigenvalue weighted by molar-refractivity contribution is -0.133. The zero-order valence-corrected chi connectivity index (χ0v) is 33.9. The van der Waals surface area contributed by atoms with Crippen LogP contribution in [0.3, 0.4) is 0 Å². The average Bonchev–Trinajstić information content (AvgIpc) is 3.81. The molecule has 7 aliphatic rings. The lowest BCUT2D eigenvalue weighted by Crippen LogP contribution is -2.69. The van der Waals surface area contributed by atoms with Crippen LogP contribution >= 0.6 is 11.8 Å². The molecule has 302 valence electrons. The highest BCUT2D eigenvalue weighted by Crippen LogP contribution is 2.64. The number of esters is 1. The first-order valence-corrected chi connectivity index (χ1v) is 20.7. The Labute approximate surface area is 339 Å². The summed E-state index contributed by atoms with van der Waals surface area (Å²) < 4.78 is 30.9. The monoisotopic (exact) mass is 807 g/mol. The van der Waals surface area contributed by atoms with Crippen molar-refractivity contribution in [1.29, 1.82) is 5.26 Å². The summed E-state index contributed by atoms with van der Waals surface area (Å²) in [5.74, 6) is 1.43. The molecule has 0 amide bonds. The van der Waals surface area contributed by atoms with E-state index >= 15 is 4.79 Å². The molecule has 2 fully saturated rings. The first kappa shape index (κ1) is 37.3. The Morgan fingerprint density at radius 1 is 1.10 bits per heavy atom. The molecule has 14 nitrogen and oxygen atoms in total. The maximum absolute atomic E-state index is 15.0. The number of piperazine rings is 1. The van der Waals surface area contributed by atoms with E-state index in [2.05, 4.69) is 32.2 Å². The minimum Gasteiger partial charge on any atom is -0.508 e. The summed E-state index contributed by atoms with van der Waals surface area (Å²) in [4.78, 5) is 36.1. The van der Waals surface area contributed by atoms with E-state index < -0.39 is 40.9 Å². The van der Waals surface area contributed by atoms with Crippen molar-refractivity contribution in [2.75, 3.05) is 39.9 Å². The third-order valence-corrected chi connectivity index (χ3v) is 14.8. The molecule has 2 saturated heterocycles. The van der Waals surface area contributed by atoms with Gasteiger partial charge in [-0.1, -0.05) is 6.07 Å². The highest BCUT2D eigenvalue weighted by Gasteiger charge is 2.61. The normalized spacial score (nSPS) is 29.9. The van der Waals surface area contributed by atoms with Crippen molar-refractivity contribution in [3.63, 3.8) is 0 Å². The molecule has 3 aromatic carbocycles. The van der Waals surface area contributed by atoms with Crippen molar-refractivity contribution >= 4 is 34.4 Å². The lowest BCUT2D eigenvalue weighted by atomic mass is 9.71. The number of aromatic nitrogens is 1. The molecule has 2 unspecified atom stereocenters. The van der Waals surface area contributed by atoms with Gasteiger partial charge in [0.1, 0.15) is 29.7 Å². The minimum absolute atomic E-state index is 0.00144. The first-order chi connectivity index (χ1) is 27.9. The fourth-order valence-corrected chi connectivity index (χ4v) is 12.8. The summed E-state index contributed by atoms with van der Waals surface area (Å²) >= 11 is 1.54. The number of carbonyl (C=O) groups is 2. The van der Waals surface area contributed by atoms with E-state index in [-0.39, 0.29) is 55.1 Å². The summed E-state index contributed by atoms with van der Waals surface area (Å²) in [5.41, 5.74) is 5.68. The van der Waals surface area contributed by atoms with E-state index in [0.717, 1.165) is 38.9 Å². The number of ketones is 1. The van der Waals surface area contributed by atoms with Gasteiger partial charge in [0.2, 0.25) is 6.79 Å². The molecular formula is C43H45N5O9S. The number of benzene rings is 3. The number of nitrogens with one attached hydrogen (secondary N) is 2. The topological polar surface area (TPSA) is 179 Å². The molecule has 15 heteroatoms. The average molecular weight is 808 g/mol. The molecule has 0 saturated carbocycles. The van der Waals surface area contributed by atoms with Gasteiger partial charge in [-0.15, -0.1) is 11.8 Å². The van der Waals surface area contributed by atoms with Crippen LogP contribution in [0.5, 0.6) is 34.5 Å². The Morgan fingerprint density at radius 2 is 1.90 bits per heavy atom. The van der Waals surface area contributed by atoms with Crippen molar-refractivity contribution in [1.82, 2.24) is 20.1 Å². The smallest absolute Gasteiger partial charge is 0.308 e. The Bertz CT molecular complexity index is 2500. The second kappa shape index (κ2) is 13.3. The number of aromatic amines is 1. The third-order valence-electron chi connectivity index (χ3n) is 13.3. The molecule has 1 spiro atoms. The summed E-state index contributed by atoms with van der Waals surface area (Å²) in [5, 5.41) is 37.9. The molecule has 58 heavy (non-hydrogen) atoms. The summed E-state index contributed by atoms with van der Waals surface area (Å²) in [6, 6.07) is 7.23. The zero-order valence-electron chi connectivity index (χ0n) is 33.1. The molecule has 4 N–H and O–H groups in total. The van der Waals surface area contributed by atoms with Crippen LogP contribution in [-0.4, -0.2) is 101 Å². The molecule has 1 aromatic heterocycles. The number of rotatable bonds is 2.